The molecule has 21 heavy (non-hydrogen) atoms. The van der Waals surface area contributed by atoms with Gasteiger partial charge in [-0.2, -0.15) is 0 Å². The first-order valence-electron chi connectivity index (χ1n) is 7.10. The van der Waals surface area contributed by atoms with Gasteiger partial charge in [0.15, 0.2) is 0 Å². The molecule has 1 atom stereocenters. The monoisotopic (exact) mass is 290 g/mol. The highest BCUT2D eigenvalue weighted by Gasteiger charge is 2.28. The lowest BCUT2D eigenvalue weighted by Gasteiger charge is -2.21. The highest BCUT2D eigenvalue weighted by Crippen LogP contribution is 2.31. The van der Waals surface area contributed by atoms with Crippen LogP contribution in [-0.4, -0.2) is 25.0 Å². The minimum Gasteiger partial charge on any atom is -0.495 e. The van der Waals surface area contributed by atoms with Gasteiger partial charge in [0, 0.05) is 6.42 Å². The fourth-order valence-electron chi connectivity index (χ4n) is 2.30. The zero-order chi connectivity index (χ0) is 15.6. The lowest BCUT2D eigenvalue weighted by atomic mass is 9.87. The van der Waals surface area contributed by atoms with Crippen LogP contribution in [0.15, 0.2) is 18.2 Å². The number of hydrogen-bond donors (Lipinski definition) is 2. The number of methoxy groups -OCH3 is 1. The Balaban J connectivity index is 2.21. The molecule has 1 saturated heterocycles. The molecule has 0 saturated carbocycles. The third-order valence-corrected chi connectivity index (χ3v) is 3.64. The number of carbonyl (C=O) groups excluding carboxylic acids is 2. The van der Waals surface area contributed by atoms with Gasteiger partial charge in [-0.05, 0) is 29.5 Å². The Kier molecular flexibility index (Phi) is 4.21. The van der Waals surface area contributed by atoms with E-state index in [1.54, 1.807) is 7.11 Å². The van der Waals surface area contributed by atoms with Crippen molar-refractivity contribution in [3.8, 4) is 5.75 Å². The zero-order valence-corrected chi connectivity index (χ0v) is 12.9. The van der Waals surface area contributed by atoms with E-state index in [9.17, 15) is 9.59 Å². The maximum atomic E-state index is 12.2. The van der Waals surface area contributed by atoms with Crippen molar-refractivity contribution in [3.63, 3.8) is 0 Å². The molecule has 0 aromatic heterocycles. The van der Waals surface area contributed by atoms with Crippen molar-refractivity contribution < 1.29 is 14.3 Å². The van der Waals surface area contributed by atoms with Crippen LogP contribution in [0.1, 0.15) is 39.2 Å². The number of rotatable bonds is 3. The molecule has 1 heterocycles. The fraction of sp³-hybridized carbons (Fsp3) is 0.500. The van der Waals surface area contributed by atoms with Gasteiger partial charge in [-0.1, -0.05) is 26.8 Å². The van der Waals surface area contributed by atoms with Crippen LogP contribution in [0.4, 0.5) is 5.69 Å². The number of anilines is 1. The van der Waals surface area contributed by atoms with E-state index in [0.29, 0.717) is 24.3 Å². The van der Waals surface area contributed by atoms with Gasteiger partial charge >= 0.3 is 0 Å². The van der Waals surface area contributed by atoms with Gasteiger partial charge in [0.1, 0.15) is 11.8 Å². The van der Waals surface area contributed by atoms with Crippen LogP contribution in [0.5, 0.6) is 5.75 Å². The van der Waals surface area contributed by atoms with Crippen LogP contribution in [0, 0.1) is 0 Å². The molecule has 1 aliphatic heterocycles. The molecule has 1 fully saturated rings. The van der Waals surface area contributed by atoms with Gasteiger partial charge in [0.25, 0.3) is 0 Å². The molecule has 114 valence electrons. The van der Waals surface area contributed by atoms with Gasteiger partial charge in [0.05, 0.1) is 12.8 Å². The summed E-state index contributed by atoms with van der Waals surface area (Å²) >= 11 is 0. The van der Waals surface area contributed by atoms with E-state index >= 15 is 0 Å². The summed E-state index contributed by atoms with van der Waals surface area (Å²) in [5.41, 5.74) is 1.72. The SMILES string of the molecule is COc1ccc(C(C)(C)C)cc1NC(=O)C1CCC(=O)N1. The summed E-state index contributed by atoms with van der Waals surface area (Å²) in [6.07, 6.45) is 0.934. The van der Waals surface area contributed by atoms with E-state index in [4.69, 9.17) is 4.74 Å². The first-order chi connectivity index (χ1) is 9.81. The average Bonchev–Trinajstić information content (AvgIpc) is 2.84. The lowest BCUT2D eigenvalue weighted by molar-refractivity contribution is -0.122. The van der Waals surface area contributed by atoms with Gasteiger partial charge in [0.2, 0.25) is 11.8 Å². The molecule has 1 aromatic carbocycles. The number of ether oxygens (including phenoxy) is 1. The van der Waals surface area contributed by atoms with Crippen LogP contribution in [0.3, 0.4) is 0 Å². The summed E-state index contributed by atoms with van der Waals surface area (Å²) in [4.78, 5) is 23.4. The summed E-state index contributed by atoms with van der Waals surface area (Å²) in [6, 6.07) is 5.31. The summed E-state index contributed by atoms with van der Waals surface area (Å²) in [7, 11) is 1.57. The number of carbonyl (C=O) groups is 2. The predicted octanol–water partition coefficient (Wildman–Crippen LogP) is 2.21. The van der Waals surface area contributed by atoms with Gasteiger partial charge in [-0.25, -0.2) is 0 Å². The van der Waals surface area contributed by atoms with E-state index < -0.39 is 6.04 Å². The van der Waals surface area contributed by atoms with Crippen LogP contribution >= 0.6 is 0 Å². The second kappa shape index (κ2) is 5.76. The number of nitrogens with one attached hydrogen (secondary N) is 2. The van der Waals surface area contributed by atoms with Gasteiger partial charge in [-0.3, -0.25) is 9.59 Å². The second-order valence-corrected chi connectivity index (χ2v) is 6.31. The largest absolute Gasteiger partial charge is 0.495 e. The lowest BCUT2D eigenvalue weighted by Crippen LogP contribution is -2.37. The topological polar surface area (TPSA) is 67.4 Å². The molecule has 0 spiro atoms. The standard InChI is InChI=1S/C16H22N2O3/c1-16(2,3)10-5-7-13(21-4)12(9-10)18-15(20)11-6-8-14(19)17-11/h5,7,9,11H,6,8H2,1-4H3,(H,17,19)(H,18,20). The molecule has 2 rings (SSSR count). The Bertz CT molecular complexity index is 561. The van der Waals surface area contributed by atoms with E-state index in [1.165, 1.54) is 0 Å². The van der Waals surface area contributed by atoms with Crippen molar-refractivity contribution in [2.75, 3.05) is 12.4 Å². The summed E-state index contributed by atoms with van der Waals surface area (Å²) in [5.74, 6) is 0.330. The van der Waals surface area contributed by atoms with Gasteiger partial charge < -0.3 is 15.4 Å². The normalized spacial score (nSPS) is 18.3. The van der Waals surface area contributed by atoms with E-state index in [-0.39, 0.29) is 17.2 Å². The van der Waals surface area contributed by atoms with Crippen molar-refractivity contribution >= 4 is 17.5 Å². The van der Waals surface area contributed by atoms with E-state index in [0.717, 1.165) is 5.56 Å². The molecule has 0 bridgehead atoms. The van der Waals surface area contributed by atoms with Crippen molar-refractivity contribution in [1.29, 1.82) is 0 Å². The van der Waals surface area contributed by atoms with Crippen molar-refractivity contribution in [1.82, 2.24) is 5.32 Å². The average molecular weight is 290 g/mol. The van der Waals surface area contributed by atoms with E-state index in [2.05, 4.69) is 31.4 Å². The second-order valence-electron chi connectivity index (χ2n) is 6.31. The first kappa shape index (κ1) is 15.4. The van der Waals surface area contributed by atoms with Gasteiger partial charge in [-0.15, -0.1) is 0 Å². The molecule has 2 N–H and O–H groups in total. The minimum absolute atomic E-state index is 0.0205. The van der Waals surface area contributed by atoms with E-state index in [1.807, 2.05) is 18.2 Å². The summed E-state index contributed by atoms with van der Waals surface area (Å²) < 4.78 is 5.30. The Morgan fingerprint density at radius 3 is 2.62 bits per heavy atom. The van der Waals surface area contributed by atoms with Crippen LogP contribution in [0.25, 0.3) is 0 Å². The highest BCUT2D eigenvalue weighted by molar-refractivity contribution is 5.99. The van der Waals surface area contributed by atoms with Crippen molar-refractivity contribution in [3.05, 3.63) is 23.8 Å². The van der Waals surface area contributed by atoms with Crippen LogP contribution in [-0.2, 0) is 15.0 Å². The molecule has 1 unspecified atom stereocenters. The Morgan fingerprint density at radius 1 is 1.38 bits per heavy atom. The maximum absolute atomic E-state index is 12.2. The molecule has 0 radical (unpaired) electrons. The quantitative estimate of drug-likeness (QED) is 0.897. The Hall–Kier alpha value is -2.04. The van der Waals surface area contributed by atoms with Crippen LogP contribution in [0.2, 0.25) is 0 Å². The molecule has 2 amide bonds. The number of amides is 2. The van der Waals surface area contributed by atoms with Crippen molar-refractivity contribution in [2.24, 2.45) is 0 Å². The maximum Gasteiger partial charge on any atom is 0.247 e. The van der Waals surface area contributed by atoms with Crippen LogP contribution < -0.4 is 15.4 Å². The molecular weight excluding hydrogens is 268 g/mol. The Morgan fingerprint density at radius 2 is 2.10 bits per heavy atom. The number of benzene rings is 1. The highest BCUT2D eigenvalue weighted by atomic mass is 16.5. The molecule has 0 aliphatic carbocycles. The third-order valence-electron chi connectivity index (χ3n) is 3.64. The third kappa shape index (κ3) is 3.54. The zero-order valence-electron chi connectivity index (χ0n) is 12.9. The fourth-order valence-corrected chi connectivity index (χ4v) is 2.30. The molecule has 5 heteroatoms. The summed E-state index contributed by atoms with van der Waals surface area (Å²) in [6.45, 7) is 6.33. The smallest absolute Gasteiger partial charge is 0.247 e. The van der Waals surface area contributed by atoms with Crippen molar-refractivity contribution in [2.45, 2.75) is 45.1 Å². The predicted molar refractivity (Wildman–Crippen MR) is 81.5 cm³/mol. The first-order valence-corrected chi connectivity index (χ1v) is 7.10. The molecular formula is C16H22N2O3. The molecule has 1 aliphatic rings. The Labute approximate surface area is 125 Å². The minimum atomic E-state index is -0.458. The number of hydrogen-bond acceptors (Lipinski definition) is 3. The summed E-state index contributed by atoms with van der Waals surface area (Å²) in [5, 5.41) is 5.52. The molecule has 5 nitrogen and oxygen atoms in total. The molecule has 1 aromatic rings.